The lowest BCUT2D eigenvalue weighted by atomic mass is 9.82. The lowest BCUT2D eigenvalue weighted by Crippen LogP contribution is -2.34. The van der Waals surface area contributed by atoms with Gasteiger partial charge in [-0.15, -0.1) is 0 Å². The molecule has 0 N–H and O–H groups in total. The van der Waals surface area contributed by atoms with Crippen molar-refractivity contribution in [1.29, 1.82) is 0 Å². The topological polar surface area (TPSA) is 32.7 Å². The summed E-state index contributed by atoms with van der Waals surface area (Å²) in [4.78, 5) is 12.6. The van der Waals surface area contributed by atoms with Crippen LogP contribution in [0, 0.1) is 0 Å². The van der Waals surface area contributed by atoms with Crippen molar-refractivity contribution in [2.24, 2.45) is 5.10 Å². The molecule has 0 unspecified atom stereocenters. The molecule has 0 saturated carbocycles. The molecule has 4 aromatic carbocycles. The van der Waals surface area contributed by atoms with Gasteiger partial charge in [0.25, 0.3) is 0 Å². The molecular formula is C29H21ClN2OS2. The van der Waals surface area contributed by atoms with Crippen molar-refractivity contribution in [3.8, 4) is 0 Å². The van der Waals surface area contributed by atoms with Crippen LogP contribution in [0.4, 0.5) is 5.69 Å². The number of hydrazone groups is 1. The molecule has 4 aromatic rings. The molecule has 2 aliphatic heterocycles. The molecule has 0 saturated heterocycles. The smallest absolute Gasteiger partial charge is 0.187 e. The first-order valence-corrected chi connectivity index (χ1v) is 13.3. The van der Waals surface area contributed by atoms with E-state index >= 15 is 0 Å². The second-order valence-electron chi connectivity index (χ2n) is 8.50. The van der Waals surface area contributed by atoms with E-state index in [1.807, 2.05) is 53.2 Å². The minimum Gasteiger partial charge on any atom is -0.292 e. The molecule has 2 heterocycles. The molecule has 1 atom stereocenters. The van der Waals surface area contributed by atoms with Crippen molar-refractivity contribution in [2.45, 2.75) is 15.9 Å². The standard InChI is InChI=1S/C29H21ClN2OS2/c1-20(33)27-31-32(24-16-10-15-23(30)19-24)29(34-27)26-18-9-8-17-25(26)28(35-29,21-11-4-2-5-12-21)22-13-6-3-7-14-22/h2-19H,1H3/t29-/m0/s1. The van der Waals surface area contributed by atoms with Gasteiger partial charge in [-0.25, -0.2) is 5.01 Å². The molecule has 6 heteroatoms. The van der Waals surface area contributed by atoms with Crippen molar-refractivity contribution in [1.82, 2.24) is 0 Å². The molecule has 0 aromatic heterocycles. The van der Waals surface area contributed by atoms with Gasteiger partial charge in [-0.1, -0.05) is 126 Å². The van der Waals surface area contributed by atoms with E-state index in [-0.39, 0.29) is 5.78 Å². The van der Waals surface area contributed by atoms with E-state index in [0.29, 0.717) is 10.1 Å². The lowest BCUT2D eigenvalue weighted by molar-refractivity contribution is -0.110. The maximum atomic E-state index is 12.6. The van der Waals surface area contributed by atoms with E-state index in [9.17, 15) is 4.79 Å². The largest absolute Gasteiger partial charge is 0.292 e. The van der Waals surface area contributed by atoms with Gasteiger partial charge < -0.3 is 0 Å². The highest BCUT2D eigenvalue weighted by molar-refractivity contribution is 8.27. The number of benzene rings is 4. The van der Waals surface area contributed by atoms with Gasteiger partial charge in [0.2, 0.25) is 0 Å². The van der Waals surface area contributed by atoms with Crippen LogP contribution in [0.2, 0.25) is 5.02 Å². The van der Waals surface area contributed by atoms with Crippen molar-refractivity contribution in [3.63, 3.8) is 0 Å². The van der Waals surface area contributed by atoms with Gasteiger partial charge in [-0.2, -0.15) is 5.10 Å². The molecule has 0 aliphatic carbocycles. The SMILES string of the molecule is CC(=O)C1=NN(c2cccc(Cl)c2)[C@@]2(S1)SC(c1ccccc1)(c1ccccc1)c1ccccc12. The van der Waals surface area contributed by atoms with Gasteiger partial charge in [0.15, 0.2) is 15.0 Å². The van der Waals surface area contributed by atoms with Crippen LogP contribution in [0.1, 0.15) is 29.2 Å². The Morgan fingerprint density at radius 2 is 1.40 bits per heavy atom. The van der Waals surface area contributed by atoms with E-state index in [1.165, 1.54) is 28.5 Å². The number of nitrogens with zero attached hydrogens (tertiary/aromatic N) is 2. The van der Waals surface area contributed by atoms with Crippen molar-refractivity contribution in [2.75, 3.05) is 5.01 Å². The summed E-state index contributed by atoms with van der Waals surface area (Å²) in [5.74, 6) is -0.0473. The van der Waals surface area contributed by atoms with Crippen LogP contribution < -0.4 is 5.01 Å². The lowest BCUT2D eigenvalue weighted by Gasteiger charge is -2.37. The van der Waals surface area contributed by atoms with Crippen molar-refractivity contribution >= 4 is 51.6 Å². The Morgan fingerprint density at radius 3 is 2.00 bits per heavy atom. The second kappa shape index (κ2) is 8.59. The molecule has 172 valence electrons. The number of carbonyl (C=O) groups excluding carboxylic acids is 1. The van der Waals surface area contributed by atoms with Crippen LogP contribution in [-0.2, 0) is 13.7 Å². The van der Waals surface area contributed by atoms with Crippen LogP contribution >= 0.6 is 35.1 Å². The Balaban J connectivity index is 1.65. The van der Waals surface area contributed by atoms with Crippen LogP contribution in [0.15, 0.2) is 114 Å². The summed E-state index contributed by atoms with van der Waals surface area (Å²) in [5, 5.41) is 7.97. The van der Waals surface area contributed by atoms with E-state index in [1.54, 1.807) is 6.92 Å². The van der Waals surface area contributed by atoms with Gasteiger partial charge in [0.05, 0.1) is 10.4 Å². The summed E-state index contributed by atoms with van der Waals surface area (Å²) in [7, 11) is 0. The van der Waals surface area contributed by atoms with E-state index in [0.717, 1.165) is 11.3 Å². The highest BCUT2D eigenvalue weighted by Crippen LogP contribution is 2.70. The number of hydrogen-bond acceptors (Lipinski definition) is 5. The van der Waals surface area contributed by atoms with Crippen molar-refractivity contribution in [3.05, 3.63) is 136 Å². The average molecular weight is 513 g/mol. The van der Waals surface area contributed by atoms with Crippen LogP contribution in [0.3, 0.4) is 0 Å². The highest BCUT2D eigenvalue weighted by atomic mass is 35.5. The Bertz CT molecular complexity index is 1420. The number of rotatable bonds is 4. The third-order valence-corrected chi connectivity index (χ3v) is 9.99. The summed E-state index contributed by atoms with van der Waals surface area (Å²) in [6.07, 6.45) is 0. The second-order valence-corrected chi connectivity index (χ2v) is 11.8. The van der Waals surface area contributed by atoms with Crippen LogP contribution in [-0.4, -0.2) is 10.8 Å². The average Bonchev–Trinajstić information content (AvgIpc) is 3.43. The zero-order valence-corrected chi connectivity index (χ0v) is 21.3. The zero-order chi connectivity index (χ0) is 24.0. The first kappa shape index (κ1) is 22.5. The minimum absolute atomic E-state index is 0.0473. The predicted molar refractivity (Wildman–Crippen MR) is 148 cm³/mol. The fourth-order valence-electron chi connectivity index (χ4n) is 4.89. The number of ketones is 1. The number of Topliss-reactive ketones (excluding diaryl/α,β-unsaturated/α-hetero) is 1. The number of anilines is 1. The normalized spacial score (nSPS) is 20.1. The predicted octanol–water partition coefficient (Wildman–Crippen LogP) is 7.64. The number of carbonyl (C=O) groups is 1. The molecule has 0 bridgehead atoms. The third-order valence-electron chi connectivity index (χ3n) is 6.36. The highest BCUT2D eigenvalue weighted by Gasteiger charge is 2.61. The van der Waals surface area contributed by atoms with Gasteiger partial charge in [0.1, 0.15) is 0 Å². The van der Waals surface area contributed by atoms with Gasteiger partial charge in [0, 0.05) is 17.5 Å². The molecule has 1 spiro atoms. The van der Waals surface area contributed by atoms with E-state index in [4.69, 9.17) is 16.7 Å². The first-order chi connectivity index (χ1) is 17.0. The third kappa shape index (κ3) is 3.45. The molecule has 0 fully saturated rings. The first-order valence-electron chi connectivity index (χ1n) is 11.3. The number of fused-ring (bicyclic) bond motifs is 2. The Kier molecular flexibility index (Phi) is 5.52. The maximum Gasteiger partial charge on any atom is 0.187 e. The molecule has 0 radical (unpaired) electrons. The Hall–Kier alpha value is -2.99. The maximum absolute atomic E-state index is 12.6. The quantitative estimate of drug-likeness (QED) is 0.281. The minimum atomic E-state index is -0.687. The summed E-state index contributed by atoms with van der Waals surface area (Å²) < 4.78 is -1.18. The number of hydrogen-bond donors (Lipinski definition) is 0. The molecule has 6 rings (SSSR count). The number of thioether (sulfide) groups is 2. The fraction of sp³-hybridized carbons (Fsp3) is 0.103. The molecule has 3 nitrogen and oxygen atoms in total. The molecule has 35 heavy (non-hydrogen) atoms. The Morgan fingerprint density at radius 1 is 0.800 bits per heavy atom. The summed E-state index contributed by atoms with van der Waals surface area (Å²) >= 11 is 9.74. The van der Waals surface area contributed by atoms with Crippen LogP contribution in [0.25, 0.3) is 0 Å². The van der Waals surface area contributed by atoms with Gasteiger partial charge in [-0.05, 0) is 34.9 Å². The fourth-order valence-corrected chi connectivity index (χ4v) is 8.63. The van der Waals surface area contributed by atoms with E-state index in [2.05, 4.69) is 72.8 Å². The summed E-state index contributed by atoms with van der Waals surface area (Å²) in [6, 6.07) is 37.4. The zero-order valence-electron chi connectivity index (χ0n) is 18.9. The van der Waals surface area contributed by atoms with Crippen LogP contribution in [0.5, 0.6) is 0 Å². The Labute approximate surface area is 218 Å². The van der Waals surface area contributed by atoms with E-state index < -0.39 is 8.95 Å². The van der Waals surface area contributed by atoms with Crippen molar-refractivity contribution < 1.29 is 4.79 Å². The van der Waals surface area contributed by atoms with Gasteiger partial charge in [-0.3, -0.25) is 4.79 Å². The monoisotopic (exact) mass is 512 g/mol. The van der Waals surface area contributed by atoms with Gasteiger partial charge >= 0.3 is 0 Å². The molecule has 0 amide bonds. The summed E-state index contributed by atoms with van der Waals surface area (Å²) in [5.41, 5.74) is 5.54. The molecular weight excluding hydrogens is 492 g/mol. The summed E-state index contributed by atoms with van der Waals surface area (Å²) in [6.45, 7) is 1.58. The number of halogens is 1. The molecule has 2 aliphatic rings.